The molecule has 0 amide bonds. The van der Waals surface area contributed by atoms with Crippen LogP contribution < -0.4 is 5.73 Å². The van der Waals surface area contributed by atoms with Crippen LogP contribution in [0.1, 0.15) is 21.1 Å². The summed E-state index contributed by atoms with van der Waals surface area (Å²) in [6, 6.07) is 8.57. The van der Waals surface area contributed by atoms with Gasteiger partial charge in [-0.05, 0) is 18.9 Å². The summed E-state index contributed by atoms with van der Waals surface area (Å²) in [4.78, 5) is 0. The maximum atomic E-state index is 5.50. The Kier molecular flexibility index (Phi) is 3.64. The summed E-state index contributed by atoms with van der Waals surface area (Å²) >= 11 is 1.61. The molecule has 0 unspecified atom stereocenters. The van der Waals surface area contributed by atoms with Crippen molar-refractivity contribution in [3.8, 4) is 0 Å². The molecule has 0 radical (unpaired) electrons. The molecule has 84 valence electrons. The Bertz CT molecular complexity index is 465. The van der Waals surface area contributed by atoms with Crippen molar-refractivity contribution in [1.29, 1.82) is 0 Å². The Morgan fingerprint density at radius 1 is 1.19 bits per heavy atom. The molecular weight excluding hydrogens is 218 g/mol. The monoisotopic (exact) mass is 233 g/mol. The highest BCUT2D eigenvalue weighted by atomic mass is 32.1. The molecule has 0 bridgehead atoms. The fourth-order valence-electron chi connectivity index (χ4n) is 1.59. The van der Waals surface area contributed by atoms with Gasteiger partial charge >= 0.3 is 0 Å². The largest absolute Gasteiger partial charge is 0.324 e. The third-order valence-electron chi connectivity index (χ3n) is 2.39. The molecular formula is C12H15N3S. The number of benzene rings is 1. The van der Waals surface area contributed by atoms with E-state index in [1.165, 1.54) is 11.1 Å². The highest BCUT2D eigenvalue weighted by Gasteiger charge is 2.03. The summed E-state index contributed by atoms with van der Waals surface area (Å²) in [5, 5.41) is 10.1. The minimum atomic E-state index is 0.488. The molecule has 1 aromatic heterocycles. The van der Waals surface area contributed by atoms with Crippen LogP contribution in [0.25, 0.3) is 0 Å². The zero-order chi connectivity index (χ0) is 11.4. The van der Waals surface area contributed by atoms with Crippen LogP contribution in [-0.4, -0.2) is 10.2 Å². The van der Waals surface area contributed by atoms with Gasteiger partial charge in [-0.15, -0.1) is 21.5 Å². The summed E-state index contributed by atoms with van der Waals surface area (Å²) in [7, 11) is 0. The van der Waals surface area contributed by atoms with E-state index in [1.54, 1.807) is 11.3 Å². The maximum absolute atomic E-state index is 5.50. The first kappa shape index (κ1) is 11.2. The summed E-state index contributed by atoms with van der Waals surface area (Å²) in [5.41, 5.74) is 8.15. The molecule has 2 rings (SSSR count). The lowest BCUT2D eigenvalue weighted by Gasteiger charge is -1.99. The molecule has 2 N–H and O–H groups in total. The zero-order valence-electron chi connectivity index (χ0n) is 9.31. The first-order chi connectivity index (χ1) is 7.78. The van der Waals surface area contributed by atoms with Gasteiger partial charge in [-0.2, -0.15) is 0 Å². The summed E-state index contributed by atoms with van der Waals surface area (Å²) in [6.45, 7) is 2.60. The number of hydrogen-bond acceptors (Lipinski definition) is 4. The van der Waals surface area contributed by atoms with Gasteiger partial charge in [0.15, 0.2) is 0 Å². The molecule has 0 aliphatic rings. The van der Waals surface area contributed by atoms with Crippen LogP contribution in [0.3, 0.4) is 0 Å². The summed E-state index contributed by atoms with van der Waals surface area (Å²) < 4.78 is 0. The van der Waals surface area contributed by atoms with Gasteiger partial charge < -0.3 is 5.73 Å². The summed E-state index contributed by atoms with van der Waals surface area (Å²) in [6.07, 6.45) is 1.96. The second-order valence-corrected chi connectivity index (χ2v) is 4.93. The molecule has 0 atom stereocenters. The molecule has 0 spiro atoms. The van der Waals surface area contributed by atoms with Gasteiger partial charge in [0.2, 0.25) is 0 Å². The van der Waals surface area contributed by atoms with Crippen molar-refractivity contribution >= 4 is 11.3 Å². The molecule has 1 aromatic carbocycles. The lowest BCUT2D eigenvalue weighted by molar-refractivity contribution is 0.882. The first-order valence-corrected chi connectivity index (χ1v) is 6.16. The maximum Gasteiger partial charge on any atom is 0.131 e. The van der Waals surface area contributed by atoms with Crippen LogP contribution in [0.15, 0.2) is 24.3 Å². The fraction of sp³-hybridized carbons (Fsp3) is 0.333. The summed E-state index contributed by atoms with van der Waals surface area (Å²) in [5.74, 6) is 0. The van der Waals surface area contributed by atoms with Crippen LogP contribution in [0.2, 0.25) is 0 Å². The lowest BCUT2D eigenvalue weighted by Crippen LogP contribution is -1.94. The van der Waals surface area contributed by atoms with E-state index in [-0.39, 0.29) is 0 Å². The molecule has 4 heteroatoms. The van der Waals surface area contributed by atoms with E-state index in [0.717, 1.165) is 22.9 Å². The number of aromatic nitrogens is 2. The molecule has 16 heavy (non-hydrogen) atoms. The van der Waals surface area contributed by atoms with Gasteiger partial charge in [0.25, 0.3) is 0 Å². The molecule has 0 saturated heterocycles. The van der Waals surface area contributed by atoms with Crippen molar-refractivity contribution in [2.75, 3.05) is 0 Å². The predicted octanol–water partition coefficient (Wildman–Crippen LogP) is 2.09. The number of aryl methyl sites for hydroxylation is 3. The normalized spacial score (nSPS) is 10.6. The minimum absolute atomic E-state index is 0.488. The van der Waals surface area contributed by atoms with Crippen LogP contribution in [0.4, 0.5) is 0 Å². The number of hydrogen-bond donors (Lipinski definition) is 1. The topological polar surface area (TPSA) is 51.8 Å². The van der Waals surface area contributed by atoms with Crippen LogP contribution >= 0.6 is 11.3 Å². The van der Waals surface area contributed by atoms with E-state index in [4.69, 9.17) is 5.73 Å². The molecule has 0 aliphatic carbocycles. The highest BCUT2D eigenvalue weighted by Crippen LogP contribution is 2.13. The van der Waals surface area contributed by atoms with Gasteiger partial charge in [0, 0.05) is 13.0 Å². The van der Waals surface area contributed by atoms with Gasteiger partial charge in [0.1, 0.15) is 10.0 Å². The van der Waals surface area contributed by atoms with E-state index in [1.807, 2.05) is 0 Å². The Morgan fingerprint density at radius 3 is 2.69 bits per heavy atom. The van der Waals surface area contributed by atoms with Crippen molar-refractivity contribution in [2.45, 2.75) is 26.3 Å². The van der Waals surface area contributed by atoms with Crippen molar-refractivity contribution < 1.29 is 0 Å². The van der Waals surface area contributed by atoms with E-state index in [0.29, 0.717) is 6.54 Å². The van der Waals surface area contributed by atoms with Crippen molar-refractivity contribution in [3.63, 3.8) is 0 Å². The number of rotatable bonds is 4. The third kappa shape index (κ3) is 2.87. The van der Waals surface area contributed by atoms with E-state index in [2.05, 4.69) is 41.4 Å². The number of nitrogens with zero attached hydrogens (tertiary/aromatic N) is 2. The fourth-order valence-corrected chi connectivity index (χ4v) is 2.31. The van der Waals surface area contributed by atoms with Crippen LogP contribution in [-0.2, 0) is 19.4 Å². The van der Waals surface area contributed by atoms with Crippen LogP contribution in [0, 0.1) is 6.92 Å². The first-order valence-electron chi connectivity index (χ1n) is 5.35. The van der Waals surface area contributed by atoms with Gasteiger partial charge in [-0.3, -0.25) is 0 Å². The van der Waals surface area contributed by atoms with E-state index >= 15 is 0 Å². The molecule has 1 heterocycles. The number of nitrogens with two attached hydrogens (primary N) is 1. The predicted molar refractivity (Wildman–Crippen MR) is 66.4 cm³/mol. The smallest absolute Gasteiger partial charge is 0.131 e. The molecule has 2 aromatic rings. The minimum Gasteiger partial charge on any atom is -0.324 e. The van der Waals surface area contributed by atoms with Gasteiger partial charge in [-0.25, -0.2) is 0 Å². The second kappa shape index (κ2) is 5.18. The zero-order valence-corrected chi connectivity index (χ0v) is 10.1. The van der Waals surface area contributed by atoms with Crippen molar-refractivity contribution in [1.82, 2.24) is 10.2 Å². The SMILES string of the molecule is Cc1cccc(CCc2nnc(CN)s2)c1. The average Bonchev–Trinajstić information content (AvgIpc) is 2.74. The Labute approximate surface area is 99.3 Å². The highest BCUT2D eigenvalue weighted by molar-refractivity contribution is 7.11. The Balaban J connectivity index is 1.96. The lowest BCUT2D eigenvalue weighted by atomic mass is 10.1. The second-order valence-electron chi connectivity index (χ2n) is 3.78. The van der Waals surface area contributed by atoms with Gasteiger partial charge in [-0.1, -0.05) is 29.8 Å². The van der Waals surface area contributed by atoms with Crippen molar-refractivity contribution in [3.05, 3.63) is 45.4 Å². The van der Waals surface area contributed by atoms with Gasteiger partial charge in [0.05, 0.1) is 0 Å². The molecule has 0 fully saturated rings. The quantitative estimate of drug-likeness (QED) is 0.879. The third-order valence-corrected chi connectivity index (χ3v) is 3.40. The molecule has 0 aliphatic heterocycles. The Hall–Kier alpha value is -1.26. The van der Waals surface area contributed by atoms with E-state index in [9.17, 15) is 0 Å². The van der Waals surface area contributed by atoms with Crippen LogP contribution in [0.5, 0.6) is 0 Å². The standard InChI is InChI=1S/C12H15N3S/c1-9-3-2-4-10(7-9)5-6-11-14-15-12(8-13)16-11/h2-4,7H,5-6,8,13H2,1H3. The molecule has 0 saturated carbocycles. The average molecular weight is 233 g/mol. The Morgan fingerprint density at radius 2 is 2.00 bits per heavy atom. The molecule has 3 nitrogen and oxygen atoms in total. The van der Waals surface area contributed by atoms with E-state index < -0.39 is 0 Å². The van der Waals surface area contributed by atoms with Crippen molar-refractivity contribution in [2.24, 2.45) is 5.73 Å².